The molecule has 0 aliphatic carbocycles. The van der Waals surface area contributed by atoms with E-state index < -0.39 is 41.3 Å². The van der Waals surface area contributed by atoms with Crippen LogP contribution in [0.1, 0.15) is 49.9 Å². The van der Waals surface area contributed by atoms with E-state index in [4.69, 9.17) is 0 Å². The highest BCUT2D eigenvalue weighted by Gasteiger charge is 2.21. The Morgan fingerprint density at radius 2 is 1.32 bits per heavy atom. The maximum absolute atomic E-state index is 12.3. The van der Waals surface area contributed by atoms with Gasteiger partial charge in [0, 0.05) is 81.8 Å². The van der Waals surface area contributed by atoms with Crippen LogP contribution in [0.2, 0.25) is 0 Å². The lowest BCUT2D eigenvalue weighted by atomic mass is 10.1. The van der Waals surface area contributed by atoms with Gasteiger partial charge in [-0.25, -0.2) is 14.2 Å². The van der Waals surface area contributed by atoms with Crippen LogP contribution in [0.4, 0.5) is 21.5 Å². The molecule has 2 aromatic heterocycles. The van der Waals surface area contributed by atoms with Gasteiger partial charge >= 0.3 is 12.1 Å². The van der Waals surface area contributed by atoms with Gasteiger partial charge in [-0.3, -0.25) is 29.8 Å². The van der Waals surface area contributed by atoms with E-state index in [1.807, 2.05) is 31.9 Å². The van der Waals surface area contributed by atoms with E-state index >= 15 is 0 Å². The van der Waals surface area contributed by atoms with Crippen LogP contribution in [0.3, 0.4) is 0 Å². The monoisotopic (exact) mass is 748 g/mol. The van der Waals surface area contributed by atoms with Crippen LogP contribution >= 0.6 is 0 Å². The Kier molecular flexibility index (Phi) is 18.8. The van der Waals surface area contributed by atoms with Gasteiger partial charge in [-0.05, 0) is 13.8 Å². The molecule has 2 atom stereocenters. The lowest BCUT2D eigenvalue weighted by Crippen LogP contribution is -2.44. The van der Waals surface area contributed by atoms with Crippen LogP contribution < -0.4 is 43.0 Å². The third kappa shape index (κ3) is 19.8. The first-order valence-electron chi connectivity index (χ1n) is 17.5. The average molecular weight is 749 g/mol. The standard InChI is InChI=1S/C33H54N12O8/c1-22-18-27(49)40-30(38-22)42-32(52)36-11-7-15-44(3)14-6-10-35-29(51)25(47)20-24(46)21-26(48)34-12-8-16-45(4,5)17-9-13-37-33(53)43-31-39-23(2)19-28(50)41-31/h15,18-19,24-25,46-47H,6-14,16-17,20-21H2,1-5H3,(H6-2,34,35,36,37,38,39,40,41,42,43,48,49,50,51,52,53)/p+2/b44-15+/t24-,25-/m0/s1. The minimum absolute atomic E-state index is 0.0614. The van der Waals surface area contributed by atoms with Crippen LogP contribution in [-0.4, -0.2) is 148 Å². The van der Waals surface area contributed by atoms with Gasteiger partial charge in [-0.15, -0.1) is 0 Å². The predicted octanol–water partition coefficient (Wildman–Crippen LogP) is -1.50. The lowest BCUT2D eigenvalue weighted by Gasteiger charge is -2.30. The molecule has 0 fully saturated rings. The number of rotatable bonds is 22. The molecule has 0 unspecified atom stereocenters. The number of quaternary nitrogens is 1. The molecule has 0 bridgehead atoms. The number of hydrogen-bond acceptors (Lipinski definition) is 10. The van der Waals surface area contributed by atoms with E-state index in [2.05, 4.69) is 51.8 Å². The van der Waals surface area contributed by atoms with Crippen molar-refractivity contribution in [2.45, 2.75) is 64.6 Å². The van der Waals surface area contributed by atoms with Crippen LogP contribution in [-0.2, 0) is 9.59 Å². The number of nitrogens with one attached hydrogen (secondary N) is 8. The smallest absolute Gasteiger partial charge is 0.321 e. The Balaban J connectivity index is 1.51. The minimum Gasteiger partial charge on any atom is -0.392 e. The molecular weight excluding hydrogens is 692 g/mol. The highest BCUT2D eigenvalue weighted by atomic mass is 16.3. The van der Waals surface area contributed by atoms with E-state index in [1.54, 1.807) is 13.8 Å². The first-order chi connectivity index (χ1) is 25.0. The van der Waals surface area contributed by atoms with Crippen molar-refractivity contribution in [2.75, 3.05) is 77.6 Å². The molecule has 0 aliphatic heterocycles. The molecular formula is C33H56N12O8+2. The number of aromatic nitrogens is 4. The maximum Gasteiger partial charge on any atom is 0.321 e. The van der Waals surface area contributed by atoms with Gasteiger partial charge in [0.25, 0.3) is 11.1 Å². The Labute approximate surface area is 307 Å². The largest absolute Gasteiger partial charge is 0.392 e. The Morgan fingerprint density at radius 3 is 1.87 bits per heavy atom. The van der Waals surface area contributed by atoms with Gasteiger partial charge in [0.2, 0.25) is 23.7 Å². The number of anilines is 2. The molecule has 294 valence electrons. The summed E-state index contributed by atoms with van der Waals surface area (Å²) >= 11 is 0. The average Bonchev–Trinajstić information content (AvgIpc) is 3.04. The molecule has 0 aliphatic rings. The van der Waals surface area contributed by atoms with E-state index in [1.165, 1.54) is 12.1 Å². The van der Waals surface area contributed by atoms with Gasteiger partial charge < -0.3 is 45.9 Å². The summed E-state index contributed by atoms with van der Waals surface area (Å²) in [6.07, 6.45) is 1.19. The van der Waals surface area contributed by atoms with E-state index in [9.17, 15) is 39.0 Å². The molecule has 0 spiro atoms. The van der Waals surface area contributed by atoms with Crippen molar-refractivity contribution in [1.29, 1.82) is 0 Å². The van der Waals surface area contributed by atoms with Crippen LogP contribution in [0.25, 0.3) is 0 Å². The van der Waals surface area contributed by atoms with Gasteiger partial charge in [0.15, 0.2) is 0 Å². The predicted molar refractivity (Wildman–Crippen MR) is 198 cm³/mol. The number of urea groups is 2. The number of carbonyl (C=O) groups is 4. The van der Waals surface area contributed by atoms with Crippen molar-refractivity contribution < 1.29 is 38.4 Å². The summed E-state index contributed by atoms with van der Waals surface area (Å²) in [7, 11) is 5.93. The summed E-state index contributed by atoms with van der Waals surface area (Å²) in [5, 5.41) is 36.2. The SMILES string of the molecule is Cc1cc(=O)nc(NC(=O)NCC/C=[N+](\C)CCCNC(=O)[C@@H](O)C[C@H](O)CC(=O)NCCC[N+](C)(C)CCCNC(=O)Nc2nc(=O)cc(C)[nH]2)[nH]1. The topological polar surface area (TPSA) is 275 Å². The summed E-state index contributed by atoms with van der Waals surface area (Å²) in [6.45, 7) is 6.94. The van der Waals surface area contributed by atoms with Gasteiger partial charge in [-0.2, -0.15) is 9.97 Å². The van der Waals surface area contributed by atoms with Gasteiger partial charge in [0.05, 0.1) is 39.7 Å². The number of nitrogens with zero attached hydrogens (tertiary/aromatic N) is 4. The second-order valence-corrected chi connectivity index (χ2v) is 13.4. The van der Waals surface area contributed by atoms with Crippen LogP contribution in [0.15, 0.2) is 21.7 Å². The highest BCUT2D eigenvalue weighted by Crippen LogP contribution is 2.05. The van der Waals surface area contributed by atoms with Crippen LogP contribution in [0, 0.1) is 13.8 Å². The molecule has 0 radical (unpaired) electrons. The molecule has 53 heavy (non-hydrogen) atoms. The molecule has 6 amide bonds. The Bertz CT molecular complexity index is 1660. The van der Waals surface area contributed by atoms with Gasteiger partial charge in [0.1, 0.15) is 25.9 Å². The zero-order valence-electron chi connectivity index (χ0n) is 31.2. The minimum atomic E-state index is -1.46. The molecule has 10 N–H and O–H groups in total. The fraction of sp³-hybridized carbons (Fsp3) is 0.606. The quantitative estimate of drug-likeness (QED) is 0.0288. The number of aliphatic hydroxyl groups is 2. The number of amides is 6. The number of hydrogen-bond donors (Lipinski definition) is 10. The maximum atomic E-state index is 12.3. The number of aliphatic hydroxyl groups excluding tert-OH is 2. The fourth-order valence-corrected chi connectivity index (χ4v) is 5.09. The summed E-state index contributed by atoms with van der Waals surface area (Å²) in [6, 6.07) is 1.67. The fourth-order valence-electron chi connectivity index (χ4n) is 5.09. The first kappa shape index (κ1) is 44.0. The van der Waals surface area contributed by atoms with E-state index in [0.29, 0.717) is 74.3 Å². The Morgan fingerprint density at radius 1 is 0.811 bits per heavy atom. The number of H-pyrrole nitrogens is 2. The number of aromatic amines is 2. The zero-order valence-corrected chi connectivity index (χ0v) is 31.2. The normalized spacial score (nSPS) is 12.7. The second-order valence-electron chi connectivity index (χ2n) is 13.4. The van der Waals surface area contributed by atoms with Crippen LogP contribution in [0.5, 0.6) is 0 Å². The third-order valence-corrected chi connectivity index (χ3v) is 7.78. The van der Waals surface area contributed by atoms with Crippen molar-refractivity contribution in [3.63, 3.8) is 0 Å². The summed E-state index contributed by atoms with van der Waals surface area (Å²) in [5.74, 6) is -0.878. The number of carbonyl (C=O) groups excluding carboxylic acids is 4. The lowest BCUT2D eigenvalue weighted by molar-refractivity contribution is -0.890. The molecule has 2 heterocycles. The summed E-state index contributed by atoms with van der Waals surface area (Å²) in [5.41, 5.74) is 0.257. The van der Waals surface area contributed by atoms with Crippen molar-refractivity contribution in [3.05, 3.63) is 44.2 Å². The van der Waals surface area contributed by atoms with Gasteiger partial charge in [-0.1, -0.05) is 0 Å². The molecule has 0 saturated carbocycles. The third-order valence-electron chi connectivity index (χ3n) is 7.78. The van der Waals surface area contributed by atoms with Crippen molar-refractivity contribution in [1.82, 2.24) is 41.2 Å². The molecule has 2 aromatic rings. The van der Waals surface area contributed by atoms with Crippen molar-refractivity contribution in [2.24, 2.45) is 0 Å². The molecule has 2 rings (SSSR count). The van der Waals surface area contributed by atoms with Crippen molar-refractivity contribution >= 4 is 42.0 Å². The Hall–Kier alpha value is -5.21. The van der Waals surface area contributed by atoms with E-state index in [0.717, 1.165) is 13.1 Å². The zero-order chi connectivity index (χ0) is 39.4. The molecule has 0 aromatic carbocycles. The van der Waals surface area contributed by atoms with Crippen molar-refractivity contribution in [3.8, 4) is 0 Å². The highest BCUT2D eigenvalue weighted by molar-refractivity contribution is 5.87. The summed E-state index contributed by atoms with van der Waals surface area (Å²) in [4.78, 5) is 84.5. The molecule has 0 saturated heterocycles. The first-order valence-corrected chi connectivity index (χ1v) is 17.5. The second kappa shape index (κ2) is 22.7. The summed E-state index contributed by atoms with van der Waals surface area (Å²) < 4.78 is 2.56. The number of aryl methyl sites for hydroxylation is 2. The molecule has 20 nitrogen and oxygen atoms in total. The molecule has 20 heteroatoms. The van der Waals surface area contributed by atoms with E-state index in [-0.39, 0.29) is 30.6 Å².